The summed E-state index contributed by atoms with van der Waals surface area (Å²) >= 11 is 0. The quantitative estimate of drug-likeness (QED) is 0.607. The Balaban J connectivity index is 1.74. The second kappa shape index (κ2) is 4.73. The van der Waals surface area contributed by atoms with Gasteiger partial charge in [0.25, 0.3) is 0 Å². The van der Waals surface area contributed by atoms with Gasteiger partial charge >= 0.3 is 5.97 Å². The minimum absolute atomic E-state index is 0.0329. The highest BCUT2D eigenvalue weighted by Crippen LogP contribution is 2.43. The normalized spacial score (nSPS) is 29.5. The standard InChI is InChI=1S/C15H18O3/c1-2-17-15(16)14-13(18-14)12-9-5-7-10-6-3-4-8-11(10)12/h3-4,6,8,12-14H,2,5,7,9H2,1H3. The molecule has 1 heterocycles. The Hall–Kier alpha value is -1.35. The molecule has 0 radical (unpaired) electrons. The second-order valence-electron chi connectivity index (χ2n) is 4.97. The molecule has 18 heavy (non-hydrogen) atoms. The van der Waals surface area contributed by atoms with Crippen LogP contribution in [0.2, 0.25) is 0 Å². The van der Waals surface area contributed by atoms with Crippen LogP contribution >= 0.6 is 0 Å². The number of hydrogen-bond donors (Lipinski definition) is 0. The summed E-state index contributed by atoms with van der Waals surface area (Å²) in [5.74, 6) is 0.162. The van der Waals surface area contributed by atoms with Crippen LogP contribution in [0.1, 0.15) is 36.8 Å². The predicted molar refractivity (Wildman–Crippen MR) is 67.4 cm³/mol. The molecule has 0 aromatic heterocycles. The Morgan fingerprint density at radius 2 is 2.28 bits per heavy atom. The molecule has 0 amide bonds. The van der Waals surface area contributed by atoms with Gasteiger partial charge in [0.1, 0.15) is 6.10 Å². The van der Waals surface area contributed by atoms with Gasteiger partial charge in [-0.15, -0.1) is 0 Å². The first-order chi connectivity index (χ1) is 8.81. The van der Waals surface area contributed by atoms with E-state index in [2.05, 4.69) is 24.3 Å². The lowest BCUT2D eigenvalue weighted by Crippen LogP contribution is -2.20. The number of carbonyl (C=O) groups excluding carboxylic acids is 1. The van der Waals surface area contributed by atoms with Crippen molar-refractivity contribution in [3.8, 4) is 0 Å². The zero-order valence-electron chi connectivity index (χ0n) is 10.6. The molecule has 0 bridgehead atoms. The Morgan fingerprint density at radius 1 is 1.44 bits per heavy atom. The fourth-order valence-corrected chi connectivity index (χ4v) is 2.98. The first-order valence-corrected chi connectivity index (χ1v) is 6.71. The van der Waals surface area contributed by atoms with E-state index in [-0.39, 0.29) is 18.2 Å². The summed E-state index contributed by atoms with van der Waals surface area (Å²) in [7, 11) is 0. The number of epoxide rings is 1. The van der Waals surface area contributed by atoms with Crippen LogP contribution in [0.4, 0.5) is 0 Å². The third kappa shape index (κ3) is 2.03. The van der Waals surface area contributed by atoms with Crippen LogP contribution < -0.4 is 0 Å². The molecule has 2 aliphatic rings. The first-order valence-electron chi connectivity index (χ1n) is 6.71. The second-order valence-corrected chi connectivity index (χ2v) is 4.97. The van der Waals surface area contributed by atoms with Gasteiger partial charge < -0.3 is 9.47 Å². The summed E-state index contributed by atoms with van der Waals surface area (Å²) in [6.07, 6.45) is 3.13. The average molecular weight is 246 g/mol. The van der Waals surface area contributed by atoms with Crippen LogP contribution in [-0.4, -0.2) is 24.8 Å². The maximum absolute atomic E-state index is 11.6. The van der Waals surface area contributed by atoms with E-state index in [1.54, 1.807) is 0 Å². The molecule has 3 atom stereocenters. The summed E-state index contributed by atoms with van der Waals surface area (Å²) in [4.78, 5) is 11.6. The summed E-state index contributed by atoms with van der Waals surface area (Å²) in [6, 6.07) is 8.50. The molecule has 1 aromatic rings. The number of esters is 1. The van der Waals surface area contributed by atoms with Gasteiger partial charge in [-0.2, -0.15) is 0 Å². The van der Waals surface area contributed by atoms with E-state index in [0.717, 1.165) is 12.8 Å². The van der Waals surface area contributed by atoms with Crippen LogP contribution in [0.15, 0.2) is 24.3 Å². The molecular formula is C15H18O3. The smallest absolute Gasteiger partial charge is 0.338 e. The van der Waals surface area contributed by atoms with E-state index in [9.17, 15) is 4.79 Å². The number of fused-ring (bicyclic) bond motifs is 1. The molecule has 1 aliphatic carbocycles. The van der Waals surface area contributed by atoms with Crippen molar-refractivity contribution in [3.63, 3.8) is 0 Å². The van der Waals surface area contributed by atoms with Crippen molar-refractivity contribution in [1.29, 1.82) is 0 Å². The lowest BCUT2D eigenvalue weighted by molar-refractivity contribution is -0.144. The zero-order chi connectivity index (χ0) is 12.5. The Morgan fingerprint density at radius 3 is 3.11 bits per heavy atom. The van der Waals surface area contributed by atoms with Crippen LogP contribution in [0.3, 0.4) is 0 Å². The molecule has 1 fully saturated rings. The van der Waals surface area contributed by atoms with Crippen molar-refractivity contribution >= 4 is 5.97 Å². The summed E-state index contributed by atoms with van der Waals surface area (Å²) in [6.45, 7) is 2.25. The average Bonchev–Trinajstić information content (AvgIpc) is 3.18. The molecule has 96 valence electrons. The first kappa shape index (κ1) is 11.7. The molecule has 1 aromatic carbocycles. The zero-order valence-corrected chi connectivity index (χ0v) is 10.6. The number of ether oxygens (including phenoxy) is 2. The molecule has 1 saturated heterocycles. The number of rotatable bonds is 3. The largest absolute Gasteiger partial charge is 0.464 e. The highest BCUT2D eigenvalue weighted by Gasteiger charge is 2.51. The molecule has 3 nitrogen and oxygen atoms in total. The predicted octanol–water partition coefficient (Wildman–Crippen LogP) is 2.44. The van der Waals surface area contributed by atoms with Gasteiger partial charge in [0.15, 0.2) is 6.10 Å². The van der Waals surface area contributed by atoms with Gasteiger partial charge in [-0.25, -0.2) is 4.79 Å². The fraction of sp³-hybridized carbons (Fsp3) is 0.533. The molecule has 0 spiro atoms. The van der Waals surface area contributed by atoms with Gasteiger partial charge in [0.05, 0.1) is 6.61 Å². The van der Waals surface area contributed by atoms with Crippen molar-refractivity contribution < 1.29 is 14.3 Å². The minimum atomic E-state index is -0.332. The third-order valence-corrected chi connectivity index (χ3v) is 3.86. The maximum atomic E-state index is 11.6. The molecule has 1 aliphatic heterocycles. The van der Waals surface area contributed by atoms with Crippen LogP contribution in [0.5, 0.6) is 0 Å². The van der Waals surface area contributed by atoms with E-state index >= 15 is 0 Å². The van der Waals surface area contributed by atoms with Crippen LogP contribution in [0.25, 0.3) is 0 Å². The monoisotopic (exact) mass is 246 g/mol. The number of carbonyl (C=O) groups is 1. The molecule has 3 heteroatoms. The van der Waals surface area contributed by atoms with E-state index in [1.807, 2.05) is 6.92 Å². The van der Waals surface area contributed by atoms with Gasteiger partial charge in [-0.3, -0.25) is 0 Å². The molecule has 0 N–H and O–H groups in total. The number of hydrogen-bond acceptors (Lipinski definition) is 3. The Labute approximate surface area is 107 Å². The number of aryl methyl sites for hydroxylation is 1. The van der Waals surface area contributed by atoms with Crippen molar-refractivity contribution in [2.75, 3.05) is 6.61 Å². The Kier molecular flexibility index (Phi) is 3.08. The molecular weight excluding hydrogens is 228 g/mol. The topological polar surface area (TPSA) is 38.8 Å². The van der Waals surface area contributed by atoms with Crippen molar-refractivity contribution in [2.24, 2.45) is 0 Å². The van der Waals surface area contributed by atoms with Gasteiger partial charge in [-0.05, 0) is 37.3 Å². The van der Waals surface area contributed by atoms with E-state index in [4.69, 9.17) is 9.47 Å². The highest BCUT2D eigenvalue weighted by atomic mass is 16.6. The van der Waals surface area contributed by atoms with E-state index in [1.165, 1.54) is 17.5 Å². The molecule has 3 unspecified atom stereocenters. The maximum Gasteiger partial charge on any atom is 0.338 e. The van der Waals surface area contributed by atoms with Crippen LogP contribution in [-0.2, 0) is 20.7 Å². The minimum Gasteiger partial charge on any atom is -0.464 e. The van der Waals surface area contributed by atoms with Crippen molar-refractivity contribution in [3.05, 3.63) is 35.4 Å². The van der Waals surface area contributed by atoms with Crippen molar-refractivity contribution in [1.82, 2.24) is 0 Å². The highest BCUT2D eigenvalue weighted by molar-refractivity contribution is 5.78. The third-order valence-electron chi connectivity index (χ3n) is 3.86. The van der Waals surface area contributed by atoms with Gasteiger partial charge in [-0.1, -0.05) is 24.3 Å². The van der Waals surface area contributed by atoms with Crippen molar-refractivity contribution in [2.45, 2.75) is 44.3 Å². The van der Waals surface area contributed by atoms with E-state index in [0.29, 0.717) is 12.5 Å². The Bertz CT molecular complexity index is 455. The summed E-state index contributed by atoms with van der Waals surface area (Å²) < 4.78 is 10.6. The summed E-state index contributed by atoms with van der Waals surface area (Å²) in [5, 5.41) is 0. The fourth-order valence-electron chi connectivity index (χ4n) is 2.98. The van der Waals surface area contributed by atoms with E-state index < -0.39 is 0 Å². The summed E-state index contributed by atoms with van der Waals surface area (Å²) in [5.41, 5.74) is 2.77. The van der Waals surface area contributed by atoms with Crippen LogP contribution in [0, 0.1) is 0 Å². The lowest BCUT2D eigenvalue weighted by Gasteiger charge is -2.24. The van der Waals surface area contributed by atoms with Gasteiger partial charge in [0.2, 0.25) is 0 Å². The molecule has 0 saturated carbocycles. The SMILES string of the molecule is CCOC(=O)C1OC1C1CCCc2ccccc21. The molecule has 3 rings (SSSR count). The van der Waals surface area contributed by atoms with Gasteiger partial charge in [0, 0.05) is 5.92 Å². The lowest BCUT2D eigenvalue weighted by atomic mass is 9.80. The number of benzene rings is 1.